The van der Waals surface area contributed by atoms with Crippen molar-refractivity contribution in [2.75, 3.05) is 19.6 Å². The van der Waals surface area contributed by atoms with Crippen molar-refractivity contribution in [3.05, 3.63) is 52.9 Å². The monoisotopic (exact) mass is 418 g/mol. The van der Waals surface area contributed by atoms with Crippen LogP contribution in [-0.2, 0) is 10.0 Å². The molecule has 124 valence electrons. The van der Waals surface area contributed by atoms with Crippen LogP contribution in [0.3, 0.4) is 0 Å². The summed E-state index contributed by atoms with van der Waals surface area (Å²) in [4.78, 5) is 8.13. The smallest absolute Gasteiger partial charge is 0.261 e. The van der Waals surface area contributed by atoms with E-state index in [0.717, 1.165) is 10.0 Å². The van der Waals surface area contributed by atoms with Gasteiger partial charge in [0.2, 0.25) is 0 Å². The van der Waals surface area contributed by atoms with Crippen LogP contribution in [-0.4, -0.2) is 42.3 Å². The van der Waals surface area contributed by atoms with E-state index in [-0.39, 0.29) is 23.5 Å². The van der Waals surface area contributed by atoms with Crippen molar-refractivity contribution in [2.45, 2.75) is 11.1 Å². The SMILES string of the molecule is Cl.O=S(=O)(c1ccc(Br)cn1)N1CCNCC1c1cccnc1. The first-order valence-corrected chi connectivity index (χ1v) is 9.06. The lowest BCUT2D eigenvalue weighted by atomic mass is 10.1. The summed E-state index contributed by atoms with van der Waals surface area (Å²) >= 11 is 3.27. The minimum atomic E-state index is -3.64. The maximum Gasteiger partial charge on any atom is 0.261 e. The molecule has 1 saturated heterocycles. The van der Waals surface area contributed by atoms with Gasteiger partial charge in [-0.25, -0.2) is 13.4 Å². The van der Waals surface area contributed by atoms with E-state index in [1.54, 1.807) is 18.5 Å². The van der Waals surface area contributed by atoms with Crippen LogP contribution in [0.2, 0.25) is 0 Å². The second-order valence-corrected chi connectivity index (χ2v) is 7.69. The molecule has 0 saturated carbocycles. The number of hydrogen-bond donors (Lipinski definition) is 1. The number of hydrogen-bond acceptors (Lipinski definition) is 5. The quantitative estimate of drug-likeness (QED) is 0.823. The van der Waals surface area contributed by atoms with Gasteiger partial charge in [0.05, 0.1) is 6.04 Å². The summed E-state index contributed by atoms with van der Waals surface area (Å²) in [6.07, 6.45) is 4.87. The van der Waals surface area contributed by atoms with E-state index in [1.807, 2.05) is 12.1 Å². The molecule has 0 aliphatic carbocycles. The number of nitrogens with zero attached hydrogens (tertiary/aromatic N) is 3. The van der Waals surface area contributed by atoms with Gasteiger partial charge in [0, 0.05) is 42.7 Å². The molecule has 1 unspecified atom stereocenters. The molecule has 1 N–H and O–H groups in total. The molecule has 23 heavy (non-hydrogen) atoms. The van der Waals surface area contributed by atoms with Gasteiger partial charge in [0.1, 0.15) is 0 Å². The van der Waals surface area contributed by atoms with Gasteiger partial charge in [0.15, 0.2) is 5.03 Å². The number of aromatic nitrogens is 2. The average Bonchev–Trinajstić information content (AvgIpc) is 2.56. The molecule has 9 heteroatoms. The number of nitrogens with one attached hydrogen (secondary N) is 1. The van der Waals surface area contributed by atoms with Gasteiger partial charge >= 0.3 is 0 Å². The van der Waals surface area contributed by atoms with Crippen LogP contribution in [0.15, 0.2) is 52.4 Å². The number of rotatable bonds is 3. The van der Waals surface area contributed by atoms with Crippen LogP contribution in [0.25, 0.3) is 0 Å². The molecule has 0 amide bonds. The molecule has 0 bridgehead atoms. The van der Waals surface area contributed by atoms with Crippen molar-refractivity contribution < 1.29 is 8.42 Å². The molecular formula is C14H16BrClN4O2S. The van der Waals surface area contributed by atoms with Crippen molar-refractivity contribution in [1.29, 1.82) is 0 Å². The normalized spacial score (nSPS) is 19.1. The zero-order valence-electron chi connectivity index (χ0n) is 12.1. The second kappa shape index (κ2) is 7.67. The Bertz CT molecular complexity index is 743. The Balaban J connectivity index is 0.00000192. The number of sulfonamides is 1. The molecule has 0 aromatic carbocycles. The molecule has 2 aromatic rings. The Morgan fingerprint density at radius 2 is 2.09 bits per heavy atom. The zero-order chi connectivity index (χ0) is 15.6. The van der Waals surface area contributed by atoms with Crippen LogP contribution in [0, 0.1) is 0 Å². The number of halogens is 2. The fourth-order valence-corrected chi connectivity index (χ4v) is 4.23. The summed E-state index contributed by atoms with van der Waals surface area (Å²) in [5, 5.41) is 3.30. The molecule has 1 fully saturated rings. The fraction of sp³-hybridized carbons (Fsp3) is 0.286. The Labute approximate surface area is 149 Å². The number of pyridine rings is 2. The lowest BCUT2D eigenvalue weighted by molar-refractivity contribution is 0.270. The molecule has 6 nitrogen and oxygen atoms in total. The Kier molecular flexibility index (Phi) is 6.10. The lowest BCUT2D eigenvalue weighted by Gasteiger charge is -2.34. The van der Waals surface area contributed by atoms with Crippen LogP contribution in [0.5, 0.6) is 0 Å². The zero-order valence-corrected chi connectivity index (χ0v) is 15.3. The third-order valence-corrected chi connectivity index (χ3v) is 5.83. The summed E-state index contributed by atoms with van der Waals surface area (Å²) in [6, 6.07) is 6.62. The minimum absolute atomic E-state index is 0. The van der Waals surface area contributed by atoms with Crippen LogP contribution in [0.1, 0.15) is 11.6 Å². The Morgan fingerprint density at radius 1 is 1.26 bits per heavy atom. The first-order valence-electron chi connectivity index (χ1n) is 6.83. The van der Waals surface area contributed by atoms with Crippen molar-refractivity contribution in [1.82, 2.24) is 19.6 Å². The molecule has 2 aromatic heterocycles. The maximum absolute atomic E-state index is 12.9. The molecule has 3 heterocycles. The van der Waals surface area contributed by atoms with E-state index in [2.05, 4.69) is 31.2 Å². The average molecular weight is 420 g/mol. The highest BCUT2D eigenvalue weighted by Gasteiger charge is 2.35. The van der Waals surface area contributed by atoms with Crippen molar-refractivity contribution in [2.24, 2.45) is 0 Å². The maximum atomic E-state index is 12.9. The van der Waals surface area contributed by atoms with Gasteiger partial charge in [-0.15, -0.1) is 12.4 Å². The van der Waals surface area contributed by atoms with E-state index in [9.17, 15) is 8.42 Å². The van der Waals surface area contributed by atoms with Crippen molar-refractivity contribution >= 4 is 38.4 Å². The summed E-state index contributed by atoms with van der Waals surface area (Å²) in [7, 11) is -3.64. The van der Waals surface area contributed by atoms with Crippen molar-refractivity contribution in [3.63, 3.8) is 0 Å². The Hall–Kier alpha value is -1.06. The van der Waals surface area contributed by atoms with Gasteiger partial charge in [-0.1, -0.05) is 6.07 Å². The van der Waals surface area contributed by atoms with E-state index in [0.29, 0.717) is 19.6 Å². The summed E-state index contributed by atoms with van der Waals surface area (Å²) in [5.41, 5.74) is 0.871. The van der Waals surface area contributed by atoms with Gasteiger partial charge in [-0.3, -0.25) is 4.98 Å². The molecule has 1 aliphatic rings. The predicted molar refractivity (Wildman–Crippen MR) is 92.9 cm³/mol. The van der Waals surface area contributed by atoms with Gasteiger partial charge in [-0.2, -0.15) is 4.31 Å². The largest absolute Gasteiger partial charge is 0.313 e. The van der Waals surface area contributed by atoms with Gasteiger partial charge in [0.25, 0.3) is 10.0 Å². The van der Waals surface area contributed by atoms with Gasteiger partial charge in [-0.05, 0) is 39.7 Å². The van der Waals surface area contributed by atoms with E-state index in [4.69, 9.17) is 0 Å². The minimum Gasteiger partial charge on any atom is -0.313 e. The highest BCUT2D eigenvalue weighted by molar-refractivity contribution is 9.10. The van der Waals surface area contributed by atoms with E-state index in [1.165, 1.54) is 16.6 Å². The highest BCUT2D eigenvalue weighted by Crippen LogP contribution is 2.28. The second-order valence-electron chi connectivity index (χ2n) is 4.94. The molecule has 0 radical (unpaired) electrons. The fourth-order valence-electron chi connectivity index (χ4n) is 2.47. The van der Waals surface area contributed by atoms with Crippen LogP contribution < -0.4 is 5.32 Å². The standard InChI is InChI=1S/C14H15BrN4O2S.ClH/c15-12-3-4-14(18-9-12)22(20,21)19-7-6-17-10-13(19)11-2-1-5-16-8-11;/h1-5,8-9,13,17H,6-7,10H2;1H. The van der Waals surface area contributed by atoms with Crippen LogP contribution >= 0.6 is 28.3 Å². The summed E-state index contributed by atoms with van der Waals surface area (Å²) in [6.45, 7) is 1.58. The number of piperazine rings is 1. The lowest BCUT2D eigenvalue weighted by Crippen LogP contribution is -2.48. The molecule has 3 rings (SSSR count). The molecule has 0 spiro atoms. The predicted octanol–water partition coefficient (Wildman–Crippen LogP) is 2.00. The third kappa shape index (κ3) is 3.89. The first-order chi connectivity index (χ1) is 10.6. The third-order valence-electron chi connectivity index (χ3n) is 3.54. The Morgan fingerprint density at radius 3 is 2.74 bits per heavy atom. The van der Waals surface area contributed by atoms with Crippen LogP contribution in [0.4, 0.5) is 0 Å². The molecular weight excluding hydrogens is 404 g/mol. The van der Waals surface area contributed by atoms with E-state index < -0.39 is 10.0 Å². The topological polar surface area (TPSA) is 75.2 Å². The first kappa shape index (κ1) is 18.3. The summed E-state index contributed by atoms with van der Waals surface area (Å²) in [5.74, 6) is 0. The van der Waals surface area contributed by atoms with E-state index >= 15 is 0 Å². The molecule has 1 aliphatic heterocycles. The summed E-state index contributed by atoms with van der Waals surface area (Å²) < 4.78 is 28.0. The highest BCUT2D eigenvalue weighted by atomic mass is 79.9. The van der Waals surface area contributed by atoms with Crippen molar-refractivity contribution in [3.8, 4) is 0 Å². The molecule has 1 atom stereocenters. The van der Waals surface area contributed by atoms with Gasteiger partial charge < -0.3 is 5.32 Å².